The van der Waals surface area contributed by atoms with Gasteiger partial charge in [-0.15, -0.1) is 10.2 Å². The number of carbonyl (C=O) groups is 2. The summed E-state index contributed by atoms with van der Waals surface area (Å²) in [5, 5.41) is 12.1. The number of carbonyl (C=O) groups excluding carboxylic acids is 2. The van der Waals surface area contributed by atoms with Crippen LogP contribution in [0.2, 0.25) is 10.0 Å². The lowest BCUT2D eigenvalue weighted by Crippen LogP contribution is -2.32. The molecule has 3 rings (SSSR count). The van der Waals surface area contributed by atoms with Crippen LogP contribution in [0.15, 0.2) is 16.6 Å². The minimum atomic E-state index is -0.271. The number of hydrogen-bond acceptors (Lipinski definition) is 7. The highest BCUT2D eigenvalue weighted by molar-refractivity contribution is 8.01. The van der Waals surface area contributed by atoms with Crippen molar-refractivity contribution >= 4 is 69.1 Å². The molecule has 1 aliphatic rings. The van der Waals surface area contributed by atoms with Crippen LogP contribution >= 0.6 is 46.3 Å². The second-order valence-corrected chi connectivity index (χ2v) is 8.54. The highest BCUT2D eigenvalue weighted by atomic mass is 35.5. The molecule has 0 bridgehead atoms. The molecule has 1 saturated carbocycles. The van der Waals surface area contributed by atoms with Crippen LogP contribution in [0, 0.1) is 0 Å². The van der Waals surface area contributed by atoms with Gasteiger partial charge in [-0.2, -0.15) is 0 Å². The van der Waals surface area contributed by atoms with E-state index in [0.717, 1.165) is 12.8 Å². The zero-order valence-electron chi connectivity index (χ0n) is 13.7. The fraction of sp³-hybridized carbons (Fsp3) is 0.400. The summed E-state index contributed by atoms with van der Waals surface area (Å²) >= 11 is 14.3. The number of pyridine rings is 1. The molecule has 7 nitrogen and oxygen atoms in total. The minimum absolute atomic E-state index is 0.0430. The second-order valence-electron chi connectivity index (χ2n) is 5.52. The molecule has 2 aromatic heterocycles. The quantitative estimate of drug-likeness (QED) is 0.528. The van der Waals surface area contributed by atoms with E-state index < -0.39 is 0 Å². The molecule has 0 radical (unpaired) electrons. The number of aromatic nitrogens is 3. The van der Waals surface area contributed by atoms with E-state index >= 15 is 0 Å². The van der Waals surface area contributed by atoms with Crippen molar-refractivity contribution in [1.29, 1.82) is 0 Å². The Bertz CT molecular complexity index is 828. The Morgan fingerprint density at radius 1 is 1.38 bits per heavy atom. The summed E-state index contributed by atoms with van der Waals surface area (Å²) in [4.78, 5) is 29.9. The topological polar surface area (TPSA) is 88.1 Å². The van der Waals surface area contributed by atoms with E-state index in [1.807, 2.05) is 6.92 Å². The fourth-order valence-electron chi connectivity index (χ4n) is 2.13. The molecule has 0 saturated heterocycles. The Balaban J connectivity index is 1.57. The molecular formula is C15H15Cl2N5O2S2. The number of rotatable bonds is 7. The summed E-state index contributed by atoms with van der Waals surface area (Å²) < 4.78 is 0.625. The monoisotopic (exact) mass is 431 g/mol. The summed E-state index contributed by atoms with van der Waals surface area (Å²) in [5.41, 5.74) is 0. The summed E-state index contributed by atoms with van der Waals surface area (Å²) in [5.74, 6) is 0.155. The lowest BCUT2D eigenvalue weighted by Gasteiger charge is -2.17. The van der Waals surface area contributed by atoms with E-state index in [9.17, 15) is 9.59 Å². The van der Waals surface area contributed by atoms with Crippen molar-refractivity contribution in [3.8, 4) is 0 Å². The highest BCUT2D eigenvalue weighted by Crippen LogP contribution is 2.36. The van der Waals surface area contributed by atoms with Gasteiger partial charge in [0.1, 0.15) is 0 Å². The maximum absolute atomic E-state index is 12.1. The zero-order chi connectivity index (χ0) is 18.7. The normalized spacial score (nSPS) is 13.5. The van der Waals surface area contributed by atoms with Gasteiger partial charge in [-0.25, -0.2) is 4.98 Å². The van der Waals surface area contributed by atoms with Crippen molar-refractivity contribution in [2.45, 2.75) is 36.6 Å². The summed E-state index contributed by atoms with van der Waals surface area (Å²) in [6, 6.07) is 1.74. The Labute approximate surface area is 168 Å². The van der Waals surface area contributed by atoms with E-state index in [-0.39, 0.29) is 34.4 Å². The van der Waals surface area contributed by atoms with Crippen LogP contribution in [0.4, 0.5) is 10.9 Å². The fourth-order valence-corrected chi connectivity index (χ4v) is 4.29. The predicted octanol–water partition coefficient (Wildman–Crippen LogP) is 3.88. The molecule has 11 heteroatoms. The van der Waals surface area contributed by atoms with Crippen molar-refractivity contribution < 1.29 is 9.59 Å². The summed E-state index contributed by atoms with van der Waals surface area (Å²) in [6.07, 6.45) is 3.82. The molecule has 2 heterocycles. The van der Waals surface area contributed by atoms with Gasteiger partial charge in [-0.1, -0.05) is 53.2 Å². The lowest BCUT2D eigenvalue weighted by molar-refractivity contribution is -0.118. The molecule has 26 heavy (non-hydrogen) atoms. The number of amides is 2. The molecule has 2 aromatic rings. The third-order valence-electron chi connectivity index (χ3n) is 3.48. The average molecular weight is 432 g/mol. The molecule has 0 atom stereocenters. The van der Waals surface area contributed by atoms with Crippen LogP contribution in [0.25, 0.3) is 0 Å². The molecule has 1 N–H and O–H groups in total. The van der Waals surface area contributed by atoms with Crippen molar-refractivity contribution in [1.82, 2.24) is 15.2 Å². The van der Waals surface area contributed by atoms with Crippen molar-refractivity contribution in [2.75, 3.05) is 16.0 Å². The van der Waals surface area contributed by atoms with Gasteiger partial charge in [0.25, 0.3) is 0 Å². The number of hydrogen-bond donors (Lipinski definition) is 1. The van der Waals surface area contributed by atoms with E-state index in [4.69, 9.17) is 23.2 Å². The van der Waals surface area contributed by atoms with Crippen LogP contribution < -0.4 is 10.2 Å². The Morgan fingerprint density at radius 3 is 2.81 bits per heavy atom. The SMILES string of the molecule is CCC(=O)N(c1nnc(SCC(=O)Nc2ncc(Cl)cc2Cl)s1)C1CC1. The smallest absolute Gasteiger partial charge is 0.236 e. The van der Waals surface area contributed by atoms with Gasteiger partial charge in [-0.05, 0) is 18.9 Å². The summed E-state index contributed by atoms with van der Waals surface area (Å²) in [7, 11) is 0. The first-order valence-corrected chi connectivity index (χ1v) is 10.4. The Morgan fingerprint density at radius 2 is 2.15 bits per heavy atom. The maximum Gasteiger partial charge on any atom is 0.236 e. The van der Waals surface area contributed by atoms with Crippen molar-refractivity contribution in [3.63, 3.8) is 0 Å². The number of nitrogens with one attached hydrogen (secondary N) is 1. The molecule has 0 aliphatic heterocycles. The van der Waals surface area contributed by atoms with Gasteiger partial charge in [0, 0.05) is 18.7 Å². The highest BCUT2D eigenvalue weighted by Gasteiger charge is 2.35. The first-order chi connectivity index (χ1) is 12.5. The average Bonchev–Trinajstić information content (AvgIpc) is 3.33. The molecule has 1 aliphatic carbocycles. The third kappa shape index (κ3) is 4.85. The van der Waals surface area contributed by atoms with Gasteiger partial charge in [0.2, 0.25) is 16.9 Å². The van der Waals surface area contributed by atoms with Crippen molar-refractivity contribution in [3.05, 3.63) is 22.3 Å². The van der Waals surface area contributed by atoms with E-state index in [0.29, 0.717) is 20.9 Å². The number of halogens is 2. The molecule has 0 unspecified atom stereocenters. The number of thioether (sulfide) groups is 1. The van der Waals surface area contributed by atoms with Crippen LogP contribution in [-0.4, -0.2) is 38.8 Å². The lowest BCUT2D eigenvalue weighted by atomic mass is 10.4. The summed E-state index contributed by atoms with van der Waals surface area (Å²) in [6.45, 7) is 1.83. The standard InChI is InChI=1S/C15H15Cl2N5O2S2/c1-2-12(24)22(9-3-4-9)14-20-21-15(26-14)25-7-11(23)19-13-10(17)5-8(16)6-18-13/h5-6,9H,2-4,7H2,1H3,(H,18,19,23). The van der Waals surface area contributed by atoms with E-state index in [1.54, 1.807) is 4.90 Å². The van der Waals surface area contributed by atoms with Crippen LogP contribution in [0.3, 0.4) is 0 Å². The maximum atomic E-state index is 12.1. The largest absolute Gasteiger partial charge is 0.309 e. The molecule has 0 aromatic carbocycles. The van der Waals surface area contributed by atoms with Gasteiger partial charge < -0.3 is 5.32 Å². The number of nitrogens with zero attached hydrogens (tertiary/aromatic N) is 4. The zero-order valence-corrected chi connectivity index (χ0v) is 16.9. The molecule has 2 amide bonds. The first-order valence-electron chi connectivity index (χ1n) is 7.87. The van der Waals surface area contributed by atoms with Gasteiger partial charge in [0.15, 0.2) is 10.2 Å². The van der Waals surface area contributed by atoms with E-state index in [2.05, 4.69) is 20.5 Å². The van der Waals surface area contributed by atoms with Crippen LogP contribution in [0.5, 0.6) is 0 Å². The van der Waals surface area contributed by atoms with Crippen LogP contribution in [0.1, 0.15) is 26.2 Å². The minimum Gasteiger partial charge on any atom is -0.309 e. The van der Waals surface area contributed by atoms with E-state index in [1.165, 1.54) is 35.4 Å². The van der Waals surface area contributed by atoms with Crippen molar-refractivity contribution in [2.24, 2.45) is 0 Å². The molecule has 1 fully saturated rings. The van der Waals surface area contributed by atoms with Gasteiger partial charge >= 0.3 is 0 Å². The molecular weight excluding hydrogens is 417 g/mol. The van der Waals surface area contributed by atoms with Crippen LogP contribution in [-0.2, 0) is 9.59 Å². The van der Waals surface area contributed by atoms with Gasteiger partial charge in [0.05, 0.1) is 15.8 Å². The van der Waals surface area contributed by atoms with Gasteiger partial charge in [-0.3, -0.25) is 14.5 Å². The first kappa shape index (κ1) is 19.3. The molecule has 0 spiro atoms. The third-order valence-corrected chi connectivity index (χ3v) is 6.03. The molecule has 138 valence electrons. The predicted molar refractivity (Wildman–Crippen MR) is 104 cm³/mol. The Kier molecular flexibility index (Phi) is 6.33. The Hall–Kier alpha value is -1.42. The second kappa shape index (κ2) is 8.51. The number of anilines is 2.